The number of carbonyl (C=O) groups is 2. The van der Waals surface area contributed by atoms with Crippen LogP contribution < -0.4 is 9.47 Å². The number of β-amino-alcohol motifs (C(OH)–C–C–N with tert-alkyl or cyclic N) is 1. The summed E-state index contributed by atoms with van der Waals surface area (Å²) < 4.78 is 11.3. The number of hydrogen-bond acceptors (Lipinski definition) is 6. The SMILES string of the molecule is CCOc1ccc(C2/C(=C(\O)c3cccc(OCc4ccccc4Cl)c3)C(=O)C(=O)N2CCO)cc1. The number of aliphatic hydroxyl groups excluding tert-OH is 2. The number of likely N-dealkylation sites (tertiary alicyclic amines) is 1. The van der Waals surface area contributed by atoms with Gasteiger partial charge in [-0.3, -0.25) is 9.59 Å². The van der Waals surface area contributed by atoms with Crippen molar-refractivity contribution in [2.75, 3.05) is 19.8 Å². The molecule has 0 aliphatic carbocycles. The summed E-state index contributed by atoms with van der Waals surface area (Å²) in [5, 5.41) is 21.3. The van der Waals surface area contributed by atoms with E-state index in [-0.39, 0.29) is 31.1 Å². The highest BCUT2D eigenvalue weighted by Crippen LogP contribution is 2.40. The first-order valence-corrected chi connectivity index (χ1v) is 11.9. The lowest BCUT2D eigenvalue weighted by Crippen LogP contribution is -2.32. The molecule has 7 nitrogen and oxygen atoms in total. The summed E-state index contributed by atoms with van der Waals surface area (Å²) in [5.41, 5.74) is 1.68. The highest BCUT2D eigenvalue weighted by Gasteiger charge is 2.45. The number of benzene rings is 3. The topological polar surface area (TPSA) is 96.3 Å². The number of rotatable bonds is 9. The summed E-state index contributed by atoms with van der Waals surface area (Å²) in [5.74, 6) is -0.821. The maximum absolute atomic E-state index is 13.0. The normalized spacial score (nSPS) is 16.9. The third-order valence-corrected chi connectivity index (χ3v) is 6.22. The van der Waals surface area contributed by atoms with Gasteiger partial charge >= 0.3 is 0 Å². The lowest BCUT2D eigenvalue weighted by molar-refractivity contribution is -0.140. The second-order valence-electron chi connectivity index (χ2n) is 8.13. The average Bonchev–Trinajstić information content (AvgIpc) is 3.14. The van der Waals surface area contributed by atoms with Gasteiger partial charge in [0.2, 0.25) is 0 Å². The molecule has 3 aromatic rings. The minimum Gasteiger partial charge on any atom is -0.507 e. The highest BCUT2D eigenvalue weighted by molar-refractivity contribution is 6.46. The molecular formula is C28H26ClNO6. The maximum atomic E-state index is 13.0. The molecule has 36 heavy (non-hydrogen) atoms. The van der Waals surface area contributed by atoms with Crippen molar-refractivity contribution in [2.24, 2.45) is 0 Å². The van der Waals surface area contributed by atoms with E-state index < -0.39 is 17.7 Å². The second kappa shape index (κ2) is 11.3. The van der Waals surface area contributed by atoms with E-state index in [9.17, 15) is 19.8 Å². The summed E-state index contributed by atoms with van der Waals surface area (Å²) in [6, 6.07) is 20.0. The van der Waals surface area contributed by atoms with E-state index in [2.05, 4.69) is 0 Å². The van der Waals surface area contributed by atoms with Crippen LogP contribution in [0.2, 0.25) is 5.02 Å². The smallest absolute Gasteiger partial charge is 0.295 e. The van der Waals surface area contributed by atoms with Crippen LogP contribution in [0.5, 0.6) is 11.5 Å². The highest BCUT2D eigenvalue weighted by atomic mass is 35.5. The van der Waals surface area contributed by atoms with Crippen molar-refractivity contribution in [1.82, 2.24) is 4.90 Å². The van der Waals surface area contributed by atoms with Gasteiger partial charge in [-0.15, -0.1) is 0 Å². The van der Waals surface area contributed by atoms with Gasteiger partial charge in [-0.1, -0.05) is 54.1 Å². The molecule has 2 N–H and O–H groups in total. The molecular weight excluding hydrogens is 482 g/mol. The molecule has 1 aliphatic rings. The van der Waals surface area contributed by atoms with E-state index in [1.165, 1.54) is 4.90 Å². The quantitative estimate of drug-likeness (QED) is 0.247. The zero-order valence-corrected chi connectivity index (χ0v) is 20.4. The Morgan fingerprint density at radius 2 is 1.72 bits per heavy atom. The third kappa shape index (κ3) is 5.22. The molecule has 1 saturated heterocycles. The number of ketones is 1. The van der Waals surface area contributed by atoms with Crippen LogP contribution in [0.1, 0.15) is 29.7 Å². The number of halogens is 1. The molecule has 0 saturated carbocycles. The minimum atomic E-state index is -0.861. The Hall–Kier alpha value is -3.81. The molecule has 4 rings (SSSR count). The zero-order valence-electron chi connectivity index (χ0n) is 19.7. The summed E-state index contributed by atoms with van der Waals surface area (Å²) in [7, 11) is 0. The molecule has 0 bridgehead atoms. The lowest BCUT2D eigenvalue weighted by atomic mass is 9.95. The standard InChI is InChI=1S/C28H26ClNO6/c1-2-35-21-12-10-18(11-13-21)25-24(27(33)28(34)30(25)14-15-31)26(32)19-7-5-8-22(16-19)36-17-20-6-3-4-9-23(20)29/h3-13,16,25,31-32H,2,14-15,17H2,1H3/b26-24+. The zero-order chi connectivity index (χ0) is 25.7. The average molecular weight is 508 g/mol. The first kappa shape index (κ1) is 25.3. The number of amides is 1. The van der Waals surface area contributed by atoms with Gasteiger partial charge in [0, 0.05) is 22.7 Å². The van der Waals surface area contributed by atoms with Crippen molar-refractivity contribution in [3.8, 4) is 11.5 Å². The van der Waals surface area contributed by atoms with Gasteiger partial charge in [-0.2, -0.15) is 0 Å². The van der Waals surface area contributed by atoms with Gasteiger partial charge in [0.25, 0.3) is 11.7 Å². The lowest BCUT2D eigenvalue weighted by Gasteiger charge is -2.24. The Balaban J connectivity index is 1.69. The molecule has 1 fully saturated rings. The van der Waals surface area contributed by atoms with Crippen LogP contribution in [-0.2, 0) is 16.2 Å². The van der Waals surface area contributed by atoms with E-state index >= 15 is 0 Å². The summed E-state index contributed by atoms with van der Waals surface area (Å²) >= 11 is 6.20. The van der Waals surface area contributed by atoms with Crippen molar-refractivity contribution in [3.05, 3.63) is 100 Å². The fraction of sp³-hybridized carbons (Fsp3) is 0.214. The number of ether oxygens (including phenoxy) is 2. The van der Waals surface area contributed by atoms with Gasteiger partial charge in [-0.25, -0.2) is 0 Å². The van der Waals surface area contributed by atoms with Gasteiger partial charge in [-0.05, 0) is 42.8 Å². The minimum absolute atomic E-state index is 0.0548. The van der Waals surface area contributed by atoms with Crippen LogP contribution in [0, 0.1) is 0 Å². The molecule has 8 heteroatoms. The largest absolute Gasteiger partial charge is 0.507 e. The predicted octanol–water partition coefficient (Wildman–Crippen LogP) is 4.73. The van der Waals surface area contributed by atoms with Crippen molar-refractivity contribution < 1.29 is 29.3 Å². The van der Waals surface area contributed by atoms with Crippen molar-refractivity contribution in [2.45, 2.75) is 19.6 Å². The molecule has 1 atom stereocenters. The van der Waals surface area contributed by atoms with Crippen LogP contribution >= 0.6 is 11.6 Å². The van der Waals surface area contributed by atoms with E-state index in [4.69, 9.17) is 21.1 Å². The van der Waals surface area contributed by atoms with Gasteiger partial charge in [0.05, 0.1) is 24.8 Å². The van der Waals surface area contributed by atoms with Crippen LogP contribution in [-0.4, -0.2) is 46.6 Å². The molecule has 3 aromatic carbocycles. The van der Waals surface area contributed by atoms with Crippen molar-refractivity contribution in [3.63, 3.8) is 0 Å². The Kier molecular flexibility index (Phi) is 7.93. The summed E-state index contributed by atoms with van der Waals surface area (Å²) in [6.45, 7) is 2.21. The fourth-order valence-electron chi connectivity index (χ4n) is 4.14. The monoisotopic (exact) mass is 507 g/mol. The van der Waals surface area contributed by atoms with Crippen molar-refractivity contribution in [1.29, 1.82) is 0 Å². The molecule has 1 heterocycles. The predicted molar refractivity (Wildman–Crippen MR) is 136 cm³/mol. The van der Waals surface area contributed by atoms with E-state index in [1.54, 1.807) is 54.6 Å². The molecule has 1 unspecified atom stereocenters. The Morgan fingerprint density at radius 1 is 0.972 bits per heavy atom. The molecule has 186 valence electrons. The third-order valence-electron chi connectivity index (χ3n) is 5.85. The first-order valence-electron chi connectivity index (χ1n) is 11.5. The van der Waals surface area contributed by atoms with Crippen LogP contribution in [0.4, 0.5) is 0 Å². The maximum Gasteiger partial charge on any atom is 0.295 e. The van der Waals surface area contributed by atoms with Gasteiger partial charge in [0.15, 0.2) is 0 Å². The van der Waals surface area contributed by atoms with Crippen LogP contribution in [0.15, 0.2) is 78.4 Å². The molecule has 0 aromatic heterocycles. The van der Waals surface area contributed by atoms with Crippen molar-refractivity contribution >= 4 is 29.1 Å². The number of Topliss-reactive ketones (excluding diaryl/α,β-unsaturated/α-hetero) is 1. The molecule has 0 spiro atoms. The number of aliphatic hydroxyl groups is 2. The molecule has 1 amide bonds. The number of nitrogens with zero attached hydrogens (tertiary/aromatic N) is 1. The van der Waals surface area contributed by atoms with Gasteiger partial charge < -0.3 is 24.6 Å². The first-order chi connectivity index (χ1) is 17.4. The van der Waals surface area contributed by atoms with Gasteiger partial charge in [0.1, 0.15) is 23.9 Å². The number of carbonyl (C=O) groups excluding carboxylic acids is 2. The van der Waals surface area contributed by atoms with Crippen LogP contribution in [0.3, 0.4) is 0 Å². The summed E-state index contributed by atoms with van der Waals surface area (Å²) in [6.07, 6.45) is 0. The van der Waals surface area contributed by atoms with Crippen LogP contribution in [0.25, 0.3) is 5.76 Å². The Bertz CT molecular complexity index is 1290. The molecule has 1 aliphatic heterocycles. The molecule has 0 radical (unpaired) electrons. The Morgan fingerprint density at radius 3 is 2.42 bits per heavy atom. The number of hydrogen-bond donors (Lipinski definition) is 2. The van der Waals surface area contributed by atoms with E-state index in [0.29, 0.717) is 34.3 Å². The van der Waals surface area contributed by atoms with E-state index in [0.717, 1.165) is 5.56 Å². The summed E-state index contributed by atoms with van der Waals surface area (Å²) in [4.78, 5) is 27.1. The van der Waals surface area contributed by atoms with E-state index in [1.807, 2.05) is 25.1 Å². The fourth-order valence-corrected chi connectivity index (χ4v) is 4.33. The second-order valence-corrected chi connectivity index (χ2v) is 8.53. The Labute approximate surface area is 214 Å².